The molecule has 16 heavy (non-hydrogen) atoms. The summed E-state index contributed by atoms with van der Waals surface area (Å²) in [6.45, 7) is 3.98. The second-order valence-corrected chi connectivity index (χ2v) is 4.99. The van der Waals surface area contributed by atoms with Crippen molar-refractivity contribution in [1.82, 2.24) is 5.32 Å². The summed E-state index contributed by atoms with van der Waals surface area (Å²) in [5, 5.41) is 11.6. The maximum Gasteiger partial charge on any atom is 0.327 e. The highest BCUT2D eigenvalue weighted by molar-refractivity contribution is 7.99. The fraction of sp³-hybridized carbons (Fsp3) is 0.800. The van der Waals surface area contributed by atoms with Gasteiger partial charge in [-0.25, -0.2) is 4.79 Å². The molecule has 0 aliphatic rings. The first-order valence-corrected chi connectivity index (χ1v) is 6.12. The van der Waals surface area contributed by atoms with Crippen LogP contribution in [0.25, 0.3) is 0 Å². The number of carbonyl (C=O) groups is 2. The van der Waals surface area contributed by atoms with Crippen molar-refractivity contribution in [2.75, 3.05) is 19.5 Å². The highest BCUT2D eigenvalue weighted by Crippen LogP contribution is 2.15. The molecule has 2 N–H and O–H groups in total. The van der Waals surface area contributed by atoms with Crippen LogP contribution in [-0.4, -0.2) is 47.7 Å². The Morgan fingerprint density at radius 1 is 1.50 bits per heavy atom. The summed E-state index contributed by atoms with van der Waals surface area (Å²) in [6, 6.07) is -0.813. The number of hydrogen-bond acceptors (Lipinski definition) is 4. The number of nitrogens with one attached hydrogen (secondary N) is 1. The fourth-order valence-corrected chi connectivity index (χ4v) is 2.06. The molecule has 0 saturated heterocycles. The molecule has 5 nitrogen and oxygen atoms in total. The third-order valence-electron chi connectivity index (χ3n) is 1.95. The Morgan fingerprint density at radius 3 is 2.56 bits per heavy atom. The van der Waals surface area contributed by atoms with Crippen LogP contribution in [0, 0.1) is 0 Å². The lowest BCUT2D eigenvalue weighted by Crippen LogP contribution is -2.41. The maximum absolute atomic E-state index is 10.8. The quantitative estimate of drug-likeness (QED) is 0.663. The first kappa shape index (κ1) is 15.2. The molecule has 94 valence electrons. The number of carbonyl (C=O) groups excluding carboxylic acids is 1. The smallest absolute Gasteiger partial charge is 0.327 e. The molecule has 6 heteroatoms. The van der Waals surface area contributed by atoms with Crippen LogP contribution in [0.3, 0.4) is 0 Å². The molecule has 0 aliphatic heterocycles. The number of ether oxygens (including phenoxy) is 1. The van der Waals surface area contributed by atoms with Crippen molar-refractivity contribution in [3.05, 3.63) is 0 Å². The van der Waals surface area contributed by atoms with Crippen LogP contribution >= 0.6 is 11.8 Å². The molecule has 0 saturated carbocycles. The normalized spacial score (nSPS) is 14.2. The lowest BCUT2D eigenvalue weighted by molar-refractivity contribution is -0.140. The predicted molar refractivity (Wildman–Crippen MR) is 63.7 cm³/mol. The summed E-state index contributed by atoms with van der Waals surface area (Å²) >= 11 is 1.52. The molecule has 0 aliphatic carbocycles. The molecular formula is C10H19NO4S. The van der Waals surface area contributed by atoms with Gasteiger partial charge in [-0.2, -0.15) is 11.8 Å². The van der Waals surface area contributed by atoms with Crippen molar-refractivity contribution < 1.29 is 19.4 Å². The van der Waals surface area contributed by atoms with E-state index in [4.69, 9.17) is 9.84 Å². The minimum atomic E-state index is -0.998. The third kappa shape index (κ3) is 7.53. The highest BCUT2D eigenvalue weighted by Gasteiger charge is 2.19. The molecule has 0 aromatic carbocycles. The van der Waals surface area contributed by atoms with Gasteiger partial charge in [0.05, 0.1) is 0 Å². The van der Waals surface area contributed by atoms with Gasteiger partial charge in [-0.15, -0.1) is 0 Å². The van der Waals surface area contributed by atoms with Crippen molar-refractivity contribution >= 4 is 23.6 Å². The van der Waals surface area contributed by atoms with Gasteiger partial charge in [0.2, 0.25) is 5.91 Å². The monoisotopic (exact) mass is 249 g/mol. The average Bonchev–Trinajstić information content (AvgIpc) is 2.20. The second-order valence-electron chi connectivity index (χ2n) is 3.52. The molecule has 0 aromatic heterocycles. The van der Waals surface area contributed by atoms with Crippen molar-refractivity contribution in [1.29, 1.82) is 0 Å². The minimum Gasteiger partial charge on any atom is -0.480 e. The Hall–Kier alpha value is -0.750. The van der Waals surface area contributed by atoms with E-state index in [-0.39, 0.29) is 5.91 Å². The number of hydrogen-bond donors (Lipinski definition) is 2. The van der Waals surface area contributed by atoms with E-state index < -0.39 is 12.0 Å². The first-order chi connectivity index (χ1) is 7.47. The topological polar surface area (TPSA) is 75.6 Å². The van der Waals surface area contributed by atoms with Crippen LogP contribution in [-0.2, 0) is 14.3 Å². The summed E-state index contributed by atoms with van der Waals surface area (Å²) in [5.74, 6) is -0.945. The van der Waals surface area contributed by atoms with Crippen LogP contribution in [0.15, 0.2) is 0 Å². The average molecular weight is 249 g/mol. The minimum absolute atomic E-state index is 0.315. The number of amides is 1. The second kappa shape index (κ2) is 8.41. The van der Waals surface area contributed by atoms with E-state index in [2.05, 4.69) is 5.32 Å². The Bertz CT molecular complexity index is 235. The van der Waals surface area contributed by atoms with E-state index in [9.17, 15) is 9.59 Å². The fourth-order valence-electron chi connectivity index (χ4n) is 1.05. The summed E-state index contributed by atoms with van der Waals surface area (Å²) in [5.41, 5.74) is 0. The van der Waals surface area contributed by atoms with E-state index in [0.717, 1.165) is 6.42 Å². The number of aliphatic carboxylic acids is 1. The van der Waals surface area contributed by atoms with Gasteiger partial charge in [0, 0.05) is 31.6 Å². The van der Waals surface area contributed by atoms with E-state index >= 15 is 0 Å². The molecular weight excluding hydrogens is 230 g/mol. The van der Waals surface area contributed by atoms with E-state index in [1.807, 2.05) is 6.92 Å². The summed E-state index contributed by atoms with van der Waals surface area (Å²) in [6.07, 6.45) is 0.869. The van der Waals surface area contributed by atoms with E-state index in [0.29, 0.717) is 17.6 Å². The summed E-state index contributed by atoms with van der Waals surface area (Å²) in [7, 11) is 1.63. The van der Waals surface area contributed by atoms with Crippen LogP contribution in [0.5, 0.6) is 0 Å². The number of thioether (sulfide) groups is 1. The number of rotatable bonds is 8. The van der Waals surface area contributed by atoms with Crippen molar-refractivity contribution in [3.63, 3.8) is 0 Å². The Balaban J connectivity index is 3.92. The molecule has 1 unspecified atom stereocenters. The van der Waals surface area contributed by atoms with Gasteiger partial charge in [-0.3, -0.25) is 4.79 Å². The van der Waals surface area contributed by atoms with Gasteiger partial charge in [0.1, 0.15) is 6.04 Å². The Morgan fingerprint density at radius 2 is 2.12 bits per heavy atom. The summed E-state index contributed by atoms with van der Waals surface area (Å²) in [4.78, 5) is 21.6. The van der Waals surface area contributed by atoms with Crippen LogP contribution in [0.2, 0.25) is 0 Å². The molecule has 0 fully saturated rings. The Labute approximate surface area is 99.9 Å². The molecule has 0 radical (unpaired) electrons. The number of carboxylic acids is 1. The zero-order chi connectivity index (χ0) is 12.6. The zero-order valence-corrected chi connectivity index (χ0v) is 10.7. The zero-order valence-electron chi connectivity index (χ0n) is 9.86. The van der Waals surface area contributed by atoms with Gasteiger partial charge >= 0.3 is 5.97 Å². The number of methoxy groups -OCH3 is 1. The highest BCUT2D eigenvalue weighted by atomic mass is 32.2. The maximum atomic E-state index is 10.8. The van der Waals surface area contributed by atoms with Crippen molar-refractivity contribution in [2.24, 2.45) is 0 Å². The lowest BCUT2D eigenvalue weighted by atomic mass is 10.3. The molecule has 2 atom stereocenters. The van der Waals surface area contributed by atoms with E-state index in [1.54, 1.807) is 7.11 Å². The molecule has 0 bridgehead atoms. The molecule has 0 heterocycles. The predicted octanol–water partition coefficient (Wildman–Crippen LogP) is 0.734. The van der Waals surface area contributed by atoms with Gasteiger partial charge in [-0.1, -0.05) is 6.92 Å². The van der Waals surface area contributed by atoms with Gasteiger partial charge < -0.3 is 15.2 Å². The Kier molecular flexibility index (Phi) is 8.01. The lowest BCUT2D eigenvalue weighted by Gasteiger charge is -2.16. The van der Waals surface area contributed by atoms with Gasteiger partial charge in [-0.05, 0) is 6.42 Å². The largest absolute Gasteiger partial charge is 0.480 e. The standard InChI is InChI=1S/C10H19NO4S/c1-7(4-5-15-3)16-6-9(10(13)14)11-8(2)12/h7,9H,4-6H2,1-3H3,(H,11,12)(H,13,14)/t7?,9-/m0/s1. The van der Waals surface area contributed by atoms with Gasteiger partial charge in [0.25, 0.3) is 0 Å². The van der Waals surface area contributed by atoms with E-state index in [1.165, 1.54) is 18.7 Å². The third-order valence-corrected chi connectivity index (χ3v) is 3.28. The van der Waals surface area contributed by atoms with Crippen molar-refractivity contribution in [2.45, 2.75) is 31.6 Å². The van der Waals surface area contributed by atoms with Gasteiger partial charge in [0.15, 0.2) is 0 Å². The summed E-state index contributed by atoms with van der Waals surface area (Å²) < 4.78 is 4.93. The number of carboxylic acid groups (broad SMARTS) is 1. The molecule has 1 amide bonds. The molecule has 0 rings (SSSR count). The molecule has 0 aromatic rings. The first-order valence-electron chi connectivity index (χ1n) is 5.07. The SMILES string of the molecule is COCCC(C)SC[C@H](NC(C)=O)C(=O)O. The molecule has 0 spiro atoms. The van der Waals surface area contributed by atoms with Crippen LogP contribution in [0.1, 0.15) is 20.3 Å². The van der Waals surface area contributed by atoms with Crippen molar-refractivity contribution in [3.8, 4) is 0 Å². The van der Waals surface area contributed by atoms with Crippen LogP contribution in [0.4, 0.5) is 0 Å². The van der Waals surface area contributed by atoms with Crippen LogP contribution < -0.4 is 5.32 Å².